The third-order valence-electron chi connectivity index (χ3n) is 5.71. The summed E-state index contributed by atoms with van der Waals surface area (Å²) in [7, 11) is 1.81. The van der Waals surface area contributed by atoms with Crippen LogP contribution >= 0.6 is 0 Å². The van der Waals surface area contributed by atoms with Crippen LogP contribution in [0.4, 0.5) is 5.69 Å². The fourth-order valence-electron chi connectivity index (χ4n) is 4.45. The molecule has 6 nitrogen and oxygen atoms in total. The molecule has 134 valence electrons. The molecule has 1 atom stereocenters. The summed E-state index contributed by atoms with van der Waals surface area (Å²) in [6.07, 6.45) is 3.33. The third-order valence-corrected chi connectivity index (χ3v) is 5.71. The second kappa shape index (κ2) is 4.85. The molecule has 4 heterocycles. The maximum Gasteiger partial charge on any atom is 0.245 e. The van der Waals surface area contributed by atoms with E-state index in [2.05, 4.69) is 0 Å². The normalized spacial score (nSPS) is 21.5. The first-order valence-electron chi connectivity index (χ1n) is 8.71. The van der Waals surface area contributed by atoms with Crippen molar-refractivity contribution in [2.24, 2.45) is 0 Å². The smallest absolute Gasteiger partial charge is 0.245 e. The first-order valence-corrected chi connectivity index (χ1v) is 8.71. The lowest BCUT2D eigenvalue weighted by Gasteiger charge is -2.23. The molecule has 0 radical (unpaired) electrons. The molecule has 3 aliphatic rings. The zero-order chi connectivity index (χ0) is 18.2. The standard InChI is InChI=1S/C21H15NO5/c1-22-15-4-2-3-13(12-5-6-24-9-12)19(15)21(20(22)23)10-25-16-8-18-17(7-14(16)21)26-11-27-18/h2-9H,10-11H2,1H3. The van der Waals surface area contributed by atoms with E-state index in [1.165, 1.54) is 0 Å². The van der Waals surface area contributed by atoms with Crippen molar-refractivity contribution < 1.29 is 23.4 Å². The van der Waals surface area contributed by atoms with Crippen molar-refractivity contribution >= 4 is 11.6 Å². The molecule has 0 bridgehead atoms. The summed E-state index contributed by atoms with van der Waals surface area (Å²) in [5, 5.41) is 0. The van der Waals surface area contributed by atoms with Crippen molar-refractivity contribution in [3.8, 4) is 28.4 Å². The SMILES string of the molecule is CN1C(=O)C2(COc3cc4c(cc32)OCO4)c2c(-c3ccoc3)cccc21. The van der Waals surface area contributed by atoms with E-state index in [-0.39, 0.29) is 19.3 Å². The number of hydrogen-bond acceptors (Lipinski definition) is 5. The predicted molar refractivity (Wildman–Crippen MR) is 96.4 cm³/mol. The topological polar surface area (TPSA) is 61.1 Å². The molecule has 27 heavy (non-hydrogen) atoms. The van der Waals surface area contributed by atoms with E-state index in [0.29, 0.717) is 17.2 Å². The number of nitrogens with zero attached hydrogens (tertiary/aromatic N) is 1. The van der Waals surface area contributed by atoms with Crippen LogP contribution in [0.2, 0.25) is 0 Å². The van der Waals surface area contributed by atoms with Gasteiger partial charge in [-0.3, -0.25) is 4.79 Å². The Hall–Kier alpha value is -3.41. The van der Waals surface area contributed by atoms with Crippen molar-refractivity contribution in [1.29, 1.82) is 0 Å². The fourth-order valence-corrected chi connectivity index (χ4v) is 4.45. The number of rotatable bonds is 1. The number of carbonyl (C=O) groups excluding carboxylic acids is 1. The van der Waals surface area contributed by atoms with Crippen LogP contribution in [0.5, 0.6) is 17.2 Å². The molecule has 1 amide bonds. The van der Waals surface area contributed by atoms with Gasteiger partial charge in [-0.1, -0.05) is 12.1 Å². The summed E-state index contributed by atoms with van der Waals surface area (Å²) in [6.45, 7) is 0.423. The van der Waals surface area contributed by atoms with Gasteiger partial charge >= 0.3 is 0 Å². The van der Waals surface area contributed by atoms with Gasteiger partial charge in [0.25, 0.3) is 0 Å². The van der Waals surface area contributed by atoms with E-state index in [1.54, 1.807) is 24.5 Å². The highest BCUT2D eigenvalue weighted by atomic mass is 16.7. The monoisotopic (exact) mass is 361 g/mol. The van der Waals surface area contributed by atoms with Crippen LogP contribution in [-0.2, 0) is 10.2 Å². The molecule has 0 N–H and O–H groups in total. The first kappa shape index (κ1) is 14.7. The molecule has 0 saturated heterocycles. The summed E-state index contributed by atoms with van der Waals surface area (Å²) < 4.78 is 22.3. The largest absolute Gasteiger partial charge is 0.491 e. The minimum absolute atomic E-state index is 0.00828. The minimum Gasteiger partial charge on any atom is -0.491 e. The fraction of sp³-hybridized carbons (Fsp3) is 0.190. The van der Waals surface area contributed by atoms with Gasteiger partial charge in [0.15, 0.2) is 11.5 Å². The highest BCUT2D eigenvalue weighted by Gasteiger charge is 2.57. The number of ether oxygens (including phenoxy) is 3. The van der Waals surface area contributed by atoms with Gasteiger partial charge < -0.3 is 23.5 Å². The van der Waals surface area contributed by atoms with Crippen LogP contribution in [0.25, 0.3) is 11.1 Å². The van der Waals surface area contributed by atoms with Crippen molar-refractivity contribution in [3.63, 3.8) is 0 Å². The quantitative estimate of drug-likeness (QED) is 0.665. The van der Waals surface area contributed by atoms with Crippen LogP contribution in [0.3, 0.4) is 0 Å². The lowest BCUT2D eigenvalue weighted by molar-refractivity contribution is -0.121. The van der Waals surface area contributed by atoms with Gasteiger partial charge in [0, 0.05) is 35.5 Å². The van der Waals surface area contributed by atoms with Crippen molar-refractivity contribution in [2.45, 2.75) is 5.41 Å². The Labute approximate surface area is 154 Å². The Morgan fingerprint density at radius 2 is 1.89 bits per heavy atom. The van der Waals surface area contributed by atoms with E-state index in [0.717, 1.165) is 27.9 Å². The first-order chi connectivity index (χ1) is 13.2. The van der Waals surface area contributed by atoms with E-state index in [4.69, 9.17) is 18.6 Å². The second-order valence-corrected chi connectivity index (χ2v) is 6.97. The van der Waals surface area contributed by atoms with Gasteiger partial charge in [-0.25, -0.2) is 0 Å². The van der Waals surface area contributed by atoms with Crippen LogP contribution in [0, 0.1) is 0 Å². The maximum absolute atomic E-state index is 13.5. The van der Waals surface area contributed by atoms with Gasteiger partial charge in [0.05, 0.1) is 12.5 Å². The number of anilines is 1. The second-order valence-electron chi connectivity index (χ2n) is 6.97. The van der Waals surface area contributed by atoms with Gasteiger partial charge in [-0.15, -0.1) is 0 Å². The van der Waals surface area contributed by atoms with E-state index >= 15 is 0 Å². The molecular formula is C21H15NO5. The Bertz CT molecular complexity index is 1100. The lowest BCUT2D eigenvalue weighted by atomic mass is 9.74. The highest BCUT2D eigenvalue weighted by Crippen LogP contribution is 2.56. The van der Waals surface area contributed by atoms with Crippen LogP contribution in [-0.4, -0.2) is 26.4 Å². The van der Waals surface area contributed by atoms with Crippen molar-refractivity contribution in [3.05, 3.63) is 60.1 Å². The van der Waals surface area contributed by atoms with Gasteiger partial charge in [-0.05, 0) is 23.8 Å². The summed E-state index contributed by atoms with van der Waals surface area (Å²) in [5.41, 5.74) is 3.63. The van der Waals surface area contributed by atoms with Crippen molar-refractivity contribution in [1.82, 2.24) is 0 Å². The number of likely N-dealkylation sites (N-methyl/N-ethyl adjacent to an activating group) is 1. The zero-order valence-electron chi connectivity index (χ0n) is 14.5. The van der Waals surface area contributed by atoms with E-state index in [1.807, 2.05) is 36.4 Å². The van der Waals surface area contributed by atoms with Gasteiger partial charge in [0.2, 0.25) is 12.7 Å². The Kier molecular flexibility index (Phi) is 2.65. The molecule has 1 unspecified atom stereocenters. The van der Waals surface area contributed by atoms with E-state index < -0.39 is 5.41 Å². The Morgan fingerprint density at radius 3 is 2.70 bits per heavy atom. The van der Waals surface area contributed by atoms with Crippen LogP contribution in [0.1, 0.15) is 11.1 Å². The van der Waals surface area contributed by atoms with Gasteiger partial charge in [0.1, 0.15) is 17.8 Å². The molecule has 6 rings (SSSR count). The molecule has 1 aromatic heterocycles. The zero-order valence-corrected chi connectivity index (χ0v) is 14.5. The minimum atomic E-state index is -0.908. The number of fused-ring (bicyclic) bond motifs is 5. The number of hydrogen-bond donors (Lipinski definition) is 0. The summed E-state index contributed by atoms with van der Waals surface area (Å²) in [4.78, 5) is 15.2. The predicted octanol–water partition coefficient (Wildman–Crippen LogP) is 3.33. The molecular weight excluding hydrogens is 346 g/mol. The molecule has 6 heteroatoms. The number of amides is 1. The maximum atomic E-state index is 13.5. The number of benzene rings is 2. The molecule has 2 aromatic carbocycles. The average Bonchev–Trinajstić information content (AvgIpc) is 3.46. The summed E-state index contributed by atoms with van der Waals surface area (Å²) in [5.74, 6) is 1.94. The molecule has 1 spiro atoms. The molecule has 0 saturated carbocycles. The van der Waals surface area contributed by atoms with Crippen LogP contribution in [0.15, 0.2) is 53.3 Å². The Morgan fingerprint density at radius 1 is 1.04 bits per heavy atom. The highest BCUT2D eigenvalue weighted by molar-refractivity contribution is 6.13. The van der Waals surface area contributed by atoms with Crippen LogP contribution < -0.4 is 19.1 Å². The molecule has 3 aliphatic heterocycles. The number of furan rings is 1. The third kappa shape index (κ3) is 1.68. The summed E-state index contributed by atoms with van der Waals surface area (Å²) in [6, 6.07) is 11.6. The van der Waals surface area contributed by atoms with Gasteiger partial charge in [-0.2, -0.15) is 0 Å². The summed E-state index contributed by atoms with van der Waals surface area (Å²) >= 11 is 0. The Balaban J connectivity index is 1.67. The molecule has 0 fully saturated rings. The average molecular weight is 361 g/mol. The molecule has 0 aliphatic carbocycles. The lowest BCUT2D eigenvalue weighted by Crippen LogP contribution is -2.41. The molecule has 3 aromatic rings. The number of carbonyl (C=O) groups is 1. The van der Waals surface area contributed by atoms with Crippen molar-refractivity contribution in [2.75, 3.05) is 25.3 Å². The van der Waals surface area contributed by atoms with E-state index in [9.17, 15) is 4.79 Å².